The number of carbonyl (C=O) groups is 1. The summed E-state index contributed by atoms with van der Waals surface area (Å²) in [5.74, 6) is 0.0180. The molecule has 0 amide bonds. The molecule has 1 aromatic heterocycles. The number of aromatic nitrogens is 1. The molecule has 0 unspecified atom stereocenters. The van der Waals surface area contributed by atoms with E-state index in [1.807, 2.05) is 12.1 Å². The Balaban J connectivity index is 0.00000144. The van der Waals surface area contributed by atoms with Gasteiger partial charge in [-0.05, 0) is 12.1 Å². The van der Waals surface area contributed by atoms with E-state index in [1.165, 1.54) is 11.3 Å². The van der Waals surface area contributed by atoms with Crippen LogP contribution in [0.4, 0.5) is 0 Å². The van der Waals surface area contributed by atoms with Gasteiger partial charge in [-0.2, -0.15) is 0 Å². The number of nitrogens with one attached hydrogen (secondary N) is 1. The maximum Gasteiger partial charge on any atom is 0.182 e. The van der Waals surface area contributed by atoms with Gasteiger partial charge in [0.15, 0.2) is 10.6 Å². The van der Waals surface area contributed by atoms with Gasteiger partial charge in [-0.3, -0.25) is 10.2 Å². The van der Waals surface area contributed by atoms with Crippen LogP contribution in [0.1, 0.15) is 10.4 Å². The van der Waals surface area contributed by atoms with Crippen LogP contribution in [0.3, 0.4) is 0 Å². The minimum atomic E-state index is 0. The Morgan fingerprint density at radius 2 is 2.00 bits per heavy atom. The molecule has 2 aromatic rings. The SMILES string of the molecule is Br.N=c1sccn1CC(=O)c1ccc(Br)cc1. The molecule has 17 heavy (non-hydrogen) atoms. The Bertz CT molecular complexity index is 559. The van der Waals surface area contributed by atoms with Gasteiger partial charge in [-0.15, -0.1) is 28.3 Å². The van der Waals surface area contributed by atoms with Crippen molar-refractivity contribution in [1.29, 1.82) is 5.41 Å². The third-order valence-electron chi connectivity index (χ3n) is 2.16. The lowest BCUT2D eigenvalue weighted by Crippen LogP contribution is -2.18. The molecule has 90 valence electrons. The van der Waals surface area contributed by atoms with E-state index in [9.17, 15) is 4.79 Å². The quantitative estimate of drug-likeness (QED) is 0.820. The summed E-state index contributed by atoms with van der Waals surface area (Å²) in [6.07, 6.45) is 1.75. The summed E-state index contributed by atoms with van der Waals surface area (Å²) in [4.78, 5) is 12.3. The first-order valence-electron chi connectivity index (χ1n) is 4.64. The summed E-state index contributed by atoms with van der Waals surface area (Å²) >= 11 is 4.64. The van der Waals surface area contributed by atoms with Gasteiger partial charge in [0, 0.05) is 21.6 Å². The van der Waals surface area contributed by atoms with Crippen molar-refractivity contribution >= 4 is 50.0 Å². The molecule has 1 aromatic carbocycles. The molecule has 0 aliphatic heterocycles. The first-order chi connectivity index (χ1) is 7.66. The van der Waals surface area contributed by atoms with Crippen molar-refractivity contribution in [2.45, 2.75) is 6.54 Å². The Labute approximate surface area is 122 Å². The first kappa shape index (κ1) is 14.3. The second-order valence-corrected chi connectivity index (χ2v) is 5.08. The number of carbonyl (C=O) groups excluding carboxylic acids is 1. The molecule has 0 aliphatic carbocycles. The first-order valence-corrected chi connectivity index (χ1v) is 6.31. The summed E-state index contributed by atoms with van der Waals surface area (Å²) in [7, 11) is 0. The van der Waals surface area contributed by atoms with Crippen molar-refractivity contribution < 1.29 is 4.79 Å². The summed E-state index contributed by atoms with van der Waals surface area (Å²) < 4.78 is 2.59. The van der Waals surface area contributed by atoms with Gasteiger partial charge in [0.05, 0.1) is 6.54 Å². The summed E-state index contributed by atoms with van der Waals surface area (Å²) in [5.41, 5.74) is 0.668. The Hall–Kier alpha value is -0.720. The second kappa shape index (κ2) is 6.28. The molecular formula is C11H10Br2N2OS. The molecule has 1 heterocycles. The normalized spacial score (nSPS) is 9.71. The highest BCUT2D eigenvalue weighted by Crippen LogP contribution is 2.11. The monoisotopic (exact) mass is 376 g/mol. The van der Waals surface area contributed by atoms with Gasteiger partial charge in [0.2, 0.25) is 0 Å². The van der Waals surface area contributed by atoms with Crippen LogP contribution < -0.4 is 4.80 Å². The van der Waals surface area contributed by atoms with Crippen molar-refractivity contribution in [3.8, 4) is 0 Å². The maximum absolute atomic E-state index is 11.9. The van der Waals surface area contributed by atoms with Crippen LogP contribution in [0.25, 0.3) is 0 Å². The van der Waals surface area contributed by atoms with E-state index in [0.717, 1.165) is 4.47 Å². The smallest absolute Gasteiger partial charge is 0.182 e. The Kier molecular flexibility index (Phi) is 5.30. The van der Waals surface area contributed by atoms with Gasteiger partial charge in [0.25, 0.3) is 0 Å². The van der Waals surface area contributed by atoms with Crippen LogP contribution in [0.15, 0.2) is 40.3 Å². The minimum absolute atomic E-state index is 0. The van der Waals surface area contributed by atoms with E-state index in [4.69, 9.17) is 5.41 Å². The predicted octanol–water partition coefficient (Wildman–Crippen LogP) is 3.25. The standard InChI is InChI=1S/C11H9BrN2OS.BrH/c12-9-3-1-8(2-4-9)10(15)7-14-5-6-16-11(14)13;/h1-6,13H,7H2;1H. The average Bonchev–Trinajstić information content (AvgIpc) is 2.65. The van der Waals surface area contributed by atoms with E-state index in [2.05, 4.69) is 15.9 Å². The van der Waals surface area contributed by atoms with Crippen molar-refractivity contribution in [2.24, 2.45) is 0 Å². The van der Waals surface area contributed by atoms with Crippen LogP contribution in [0, 0.1) is 5.41 Å². The Morgan fingerprint density at radius 1 is 1.35 bits per heavy atom. The number of Topliss-reactive ketones (excluding diaryl/α,β-unsaturated/α-hetero) is 1. The predicted molar refractivity (Wildman–Crippen MR) is 77.0 cm³/mol. The second-order valence-electron chi connectivity index (χ2n) is 3.27. The van der Waals surface area contributed by atoms with Crippen molar-refractivity contribution in [2.75, 3.05) is 0 Å². The molecule has 2 rings (SSSR count). The van der Waals surface area contributed by atoms with Crippen LogP contribution in [0.5, 0.6) is 0 Å². The van der Waals surface area contributed by atoms with E-state index >= 15 is 0 Å². The fourth-order valence-corrected chi connectivity index (χ4v) is 2.17. The highest BCUT2D eigenvalue weighted by Gasteiger charge is 2.06. The third kappa shape index (κ3) is 3.62. The molecule has 0 fully saturated rings. The lowest BCUT2D eigenvalue weighted by molar-refractivity contribution is 0.0971. The molecule has 3 nitrogen and oxygen atoms in total. The van der Waals surface area contributed by atoms with Crippen molar-refractivity contribution in [3.63, 3.8) is 0 Å². The molecule has 1 N–H and O–H groups in total. The van der Waals surface area contributed by atoms with Gasteiger partial charge in [-0.25, -0.2) is 0 Å². The maximum atomic E-state index is 11.9. The van der Waals surface area contributed by atoms with Crippen LogP contribution in [0.2, 0.25) is 0 Å². The minimum Gasteiger partial charge on any atom is -0.316 e. The molecule has 0 atom stereocenters. The number of hydrogen-bond acceptors (Lipinski definition) is 3. The van der Waals surface area contributed by atoms with Crippen LogP contribution >= 0.6 is 44.2 Å². The number of halogens is 2. The van der Waals surface area contributed by atoms with Crippen molar-refractivity contribution in [3.05, 3.63) is 50.7 Å². The van der Waals surface area contributed by atoms with Crippen molar-refractivity contribution in [1.82, 2.24) is 4.57 Å². The number of benzene rings is 1. The largest absolute Gasteiger partial charge is 0.316 e. The number of rotatable bonds is 3. The van der Waals surface area contributed by atoms with Crippen LogP contribution in [-0.2, 0) is 6.54 Å². The zero-order valence-corrected chi connectivity index (χ0v) is 12.8. The third-order valence-corrected chi connectivity index (χ3v) is 3.41. The highest BCUT2D eigenvalue weighted by atomic mass is 79.9. The molecule has 0 spiro atoms. The molecule has 0 radical (unpaired) electrons. The average molecular weight is 378 g/mol. The van der Waals surface area contributed by atoms with E-state index in [1.54, 1.807) is 28.3 Å². The number of ketones is 1. The summed E-state index contributed by atoms with van der Waals surface area (Å²) in [6.45, 7) is 0.226. The zero-order valence-electron chi connectivity index (χ0n) is 8.72. The zero-order chi connectivity index (χ0) is 11.5. The van der Waals surface area contributed by atoms with Gasteiger partial charge >= 0.3 is 0 Å². The van der Waals surface area contributed by atoms with Gasteiger partial charge in [0.1, 0.15) is 0 Å². The molecule has 6 heteroatoms. The Morgan fingerprint density at radius 3 is 2.53 bits per heavy atom. The molecule has 0 saturated heterocycles. The van der Waals surface area contributed by atoms with Gasteiger partial charge in [-0.1, -0.05) is 28.1 Å². The number of thiazole rings is 1. The topological polar surface area (TPSA) is 45.9 Å². The number of nitrogens with zero attached hydrogens (tertiary/aromatic N) is 1. The fourth-order valence-electron chi connectivity index (χ4n) is 1.31. The number of hydrogen-bond donors (Lipinski definition) is 1. The fraction of sp³-hybridized carbons (Fsp3) is 0.0909. The van der Waals surface area contributed by atoms with E-state index in [0.29, 0.717) is 10.4 Å². The van der Waals surface area contributed by atoms with Gasteiger partial charge < -0.3 is 4.57 Å². The van der Waals surface area contributed by atoms with Crippen LogP contribution in [-0.4, -0.2) is 10.4 Å². The molecule has 0 bridgehead atoms. The molecule has 0 saturated carbocycles. The van der Waals surface area contributed by atoms with E-state index in [-0.39, 0.29) is 29.3 Å². The lowest BCUT2D eigenvalue weighted by Gasteiger charge is -2.02. The van der Waals surface area contributed by atoms with E-state index < -0.39 is 0 Å². The summed E-state index contributed by atoms with van der Waals surface area (Å²) in [5, 5.41) is 9.37. The summed E-state index contributed by atoms with van der Waals surface area (Å²) in [6, 6.07) is 7.24. The highest BCUT2D eigenvalue weighted by molar-refractivity contribution is 9.10. The molecule has 0 aliphatic rings. The molecular weight excluding hydrogens is 368 g/mol. The lowest BCUT2D eigenvalue weighted by atomic mass is 10.1.